The highest BCUT2D eigenvalue weighted by atomic mass is 19.1. The summed E-state index contributed by atoms with van der Waals surface area (Å²) >= 11 is 0. The number of nitrogens with two attached hydrogens (primary N) is 1. The first-order valence-corrected chi connectivity index (χ1v) is 10.9. The summed E-state index contributed by atoms with van der Waals surface area (Å²) in [5.74, 6) is -0.0186. The van der Waals surface area contributed by atoms with Crippen molar-refractivity contribution in [1.29, 1.82) is 0 Å². The van der Waals surface area contributed by atoms with Crippen LogP contribution in [-0.4, -0.2) is 62.5 Å². The molecule has 1 aromatic heterocycles. The Bertz CT molecular complexity index is 1100. The molecule has 8 heteroatoms. The summed E-state index contributed by atoms with van der Waals surface area (Å²) in [6.45, 7) is 12.7. The van der Waals surface area contributed by atoms with Crippen molar-refractivity contribution in [1.82, 2.24) is 19.8 Å². The standard InChI is InChI=1S/C25H30FN5O2/c1-6-22(32)30-11-12-31(25(4,5)15-30)24(33)21-14-28-23(29-21)19(16(2)3)13-20(27)17-7-9-18(26)10-8-17/h6-10,13-14,16,27H,1,11-12,15H2,2-5H3,(H,28,29)/p+1/b19-13-,27-20?. The van der Waals surface area contributed by atoms with Gasteiger partial charge >= 0.3 is 0 Å². The van der Waals surface area contributed by atoms with Gasteiger partial charge in [0.05, 0.1) is 11.7 Å². The molecule has 0 atom stereocenters. The molecule has 0 saturated carbocycles. The molecular formula is C25H31FN5O2+. The van der Waals surface area contributed by atoms with Crippen LogP contribution >= 0.6 is 0 Å². The Morgan fingerprint density at radius 2 is 1.91 bits per heavy atom. The number of imidazole rings is 1. The van der Waals surface area contributed by atoms with E-state index in [2.05, 4.69) is 16.5 Å². The molecule has 2 heterocycles. The van der Waals surface area contributed by atoms with Crippen LogP contribution in [0.4, 0.5) is 4.39 Å². The molecule has 0 aliphatic carbocycles. The minimum Gasteiger partial charge on any atom is -0.335 e. The van der Waals surface area contributed by atoms with E-state index in [1.807, 2.05) is 27.7 Å². The minimum absolute atomic E-state index is 0.0722. The third kappa shape index (κ3) is 5.27. The monoisotopic (exact) mass is 452 g/mol. The van der Waals surface area contributed by atoms with Gasteiger partial charge in [-0.2, -0.15) is 0 Å². The first kappa shape index (κ1) is 24.1. The van der Waals surface area contributed by atoms with E-state index in [-0.39, 0.29) is 23.5 Å². The van der Waals surface area contributed by atoms with Gasteiger partial charge in [-0.3, -0.25) is 15.0 Å². The number of allylic oxidation sites excluding steroid dienone is 2. The first-order chi connectivity index (χ1) is 15.5. The van der Waals surface area contributed by atoms with Crippen LogP contribution in [0.3, 0.4) is 0 Å². The number of hydrogen-bond donors (Lipinski definition) is 2. The van der Waals surface area contributed by atoms with Crippen LogP contribution < -0.4 is 5.41 Å². The van der Waals surface area contributed by atoms with Crippen LogP contribution in [-0.2, 0) is 4.79 Å². The molecule has 2 amide bonds. The molecule has 3 N–H and O–H groups in total. The van der Waals surface area contributed by atoms with Crippen molar-refractivity contribution in [2.45, 2.75) is 33.2 Å². The average molecular weight is 453 g/mol. The van der Waals surface area contributed by atoms with Crippen molar-refractivity contribution in [3.63, 3.8) is 0 Å². The largest absolute Gasteiger partial charge is 0.335 e. The fourth-order valence-corrected chi connectivity index (χ4v) is 3.97. The first-order valence-electron chi connectivity index (χ1n) is 10.9. The van der Waals surface area contributed by atoms with E-state index in [0.717, 1.165) is 5.57 Å². The highest BCUT2D eigenvalue weighted by Crippen LogP contribution is 2.25. The number of aromatic amines is 1. The molecule has 1 aliphatic rings. The van der Waals surface area contributed by atoms with Gasteiger partial charge < -0.3 is 14.8 Å². The molecule has 1 aliphatic heterocycles. The summed E-state index contributed by atoms with van der Waals surface area (Å²) in [4.78, 5) is 36.3. The summed E-state index contributed by atoms with van der Waals surface area (Å²) in [5.41, 5.74) is 1.83. The molecular weight excluding hydrogens is 421 g/mol. The van der Waals surface area contributed by atoms with Crippen LogP contribution in [0.25, 0.3) is 5.57 Å². The highest BCUT2D eigenvalue weighted by molar-refractivity contribution is 6.08. The third-order valence-electron chi connectivity index (χ3n) is 5.82. The lowest BCUT2D eigenvalue weighted by Crippen LogP contribution is -2.61. The van der Waals surface area contributed by atoms with Crippen LogP contribution in [0.5, 0.6) is 0 Å². The number of benzene rings is 1. The molecule has 33 heavy (non-hydrogen) atoms. The second-order valence-corrected chi connectivity index (χ2v) is 9.10. The topological polar surface area (TPSA) is 94.9 Å². The van der Waals surface area contributed by atoms with Crippen molar-refractivity contribution >= 4 is 23.1 Å². The lowest BCUT2D eigenvalue weighted by Gasteiger charge is -2.46. The van der Waals surface area contributed by atoms with Crippen molar-refractivity contribution in [3.05, 3.63) is 72.1 Å². The maximum absolute atomic E-state index is 13.3. The molecule has 0 radical (unpaired) electrons. The van der Waals surface area contributed by atoms with Gasteiger partial charge in [0.15, 0.2) is 0 Å². The zero-order valence-corrected chi connectivity index (χ0v) is 19.6. The fourth-order valence-electron chi connectivity index (χ4n) is 3.97. The number of hydrogen-bond acceptors (Lipinski definition) is 3. The summed E-state index contributed by atoms with van der Waals surface area (Å²) in [6.07, 6.45) is 4.62. The Labute approximate surface area is 193 Å². The number of carbonyl (C=O) groups excluding carboxylic acids is 2. The van der Waals surface area contributed by atoms with E-state index in [1.54, 1.807) is 28.0 Å². The number of halogens is 1. The van der Waals surface area contributed by atoms with Crippen LogP contribution in [0.15, 0.2) is 49.2 Å². The van der Waals surface area contributed by atoms with Gasteiger partial charge in [-0.1, -0.05) is 20.4 Å². The predicted octanol–water partition coefficient (Wildman–Crippen LogP) is 2.09. The van der Waals surface area contributed by atoms with Gasteiger partial charge in [0.1, 0.15) is 17.3 Å². The van der Waals surface area contributed by atoms with Crippen LogP contribution in [0.2, 0.25) is 0 Å². The number of rotatable bonds is 6. The minimum atomic E-state index is -0.545. The number of amides is 2. The summed E-state index contributed by atoms with van der Waals surface area (Å²) < 4.78 is 13.2. The summed E-state index contributed by atoms with van der Waals surface area (Å²) in [6, 6.07) is 5.96. The number of nitrogens with zero attached hydrogens (tertiary/aromatic N) is 3. The predicted molar refractivity (Wildman–Crippen MR) is 126 cm³/mol. The summed E-state index contributed by atoms with van der Waals surface area (Å²) in [7, 11) is 0. The zero-order chi connectivity index (χ0) is 24.3. The fraction of sp³-hybridized carbons (Fsp3) is 0.360. The van der Waals surface area contributed by atoms with Crippen molar-refractivity contribution in [3.8, 4) is 0 Å². The van der Waals surface area contributed by atoms with E-state index >= 15 is 0 Å². The van der Waals surface area contributed by atoms with Gasteiger partial charge in [0, 0.05) is 36.8 Å². The molecule has 1 fully saturated rings. The lowest BCUT2D eigenvalue weighted by molar-refractivity contribution is -0.130. The third-order valence-corrected chi connectivity index (χ3v) is 5.82. The molecule has 0 bridgehead atoms. The molecule has 1 saturated heterocycles. The number of aromatic nitrogens is 2. The van der Waals surface area contributed by atoms with E-state index < -0.39 is 5.54 Å². The van der Waals surface area contributed by atoms with E-state index in [0.29, 0.717) is 42.4 Å². The Hall–Kier alpha value is -3.55. The second-order valence-electron chi connectivity index (χ2n) is 9.10. The Morgan fingerprint density at radius 1 is 1.24 bits per heavy atom. The maximum Gasteiger partial charge on any atom is 0.272 e. The van der Waals surface area contributed by atoms with Gasteiger partial charge in [-0.25, -0.2) is 9.37 Å². The molecule has 0 unspecified atom stereocenters. The van der Waals surface area contributed by atoms with Gasteiger partial charge in [0.25, 0.3) is 5.91 Å². The van der Waals surface area contributed by atoms with Gasteiger partial charge in [0.2, 0.25) is 11.6 Å². The SMILES string of the molecule is C=CC(=O)N1CCN(C(=O)c2cnc(/C(=C\C(=[NH2+])c3ccc(F)cc3)C(C)C)[nH]2)C(C)(C)C1. The molecule has 0 spiro atoms. The quantitative estimate of drug-likeness (QED) is 0.519. The van der Waals surface area contributed by atoms with Crippen LogP contribution in [0.1, 0.15) is 49.6 Å². The van der Waals surface area contributed by atoms with Crippen molar-refractivity contribution in [2.75, 3.05) is 19.6 Å². The van der Waals surface area contributed by atoms with Gasteiger partial charge in [-0.15, -0.1) is 0 Å². The molecule has 1 aromatic carbocycles. The zero-order valence-electron chi connectivity index (χ0n) is 19.6. The Kier molecular flexibility index (Phi) is 6.95. The number of piperazine rings is 1. The second kappa shape index (κ2) is 9.52. The van der Waals surface area contributed by atoms with Crippen molar-refractivity contribution < 1.29 is 19.4 Å². The van der Waals surface area contributed by atoms with Crippen molar-refractivity contribution in [2.24, 2.45) is 5.92 Å². The number of carbonyl (C=O) groups is 2. The Morgan fingerprint density at radius 3 is 2.48 bits per heavy atom. The normalized spacial score (nSPS) is 16.1. The summed E-state index contributed by atoms with van der Waals surface area (Å²) in [5, 5.41) is 6.25. The highest BCUT2D eigenvalue weighted by Gasteiger charge is 2.38. The number of H-pyrrole nitrogens is 1. The molecule has 7 nitrogen and oxygen atoms in total. The Balaban J connectivity index is 1.82. The van der Waals surface area contributed by atoms with E-state index in [4.69, 9.17) is 5.41 Å². The molecule has 2 aromatic rings. The smallest absolute Gasteiger partial charge is 0.272 e. The lowest BCUT2D eigenvalue weighted by atomic mass is 9.98. The van der Waals surface area contributed by atoms with Crippen LogP contribution in [0, 0.1) is 11.7 Å². The average Bonchev–Trinajstić information content (AvgIpc) is 3.25. The molecule has 3 rings (SSSR count). The molecule has 174 valence electrons. The number of nitrogens with one attached hydrogen (secondary N) is 1. The van der Waals surface area contributed by atoms with E-state index in [1.165, 1.54) is 24.4 Å². The maximum atomic E-state index is 13.3. The van der Waals surface area contributed by atoms with E-state index in [9.17, 15) is 14.0 Å². The van der Waals surface area contributed by atoms with Gasteiger partial charge in [-0.05, 0) is 50.1 Å².